The lowest BCUT2D eigenvalue weighted by Crippen LogP contribution is -2.47. The maximum Gasteiger partial charge on any atom is 0.223 e. The molecule has 0 aromatic carbocycles. The molecule has 1 aliphatic carbocycles. The number of aromatic nitrogens is 1. The number of nitrogens with zero attached hydrogens (tertiary/aromatic N) is 2. The first-order chi connectivity index (χ1) is 12.3. The molecule has 0 bridgehead atoms. The minimum Gasteiger partial charge on any atom is -0.356 e. The minimum absolute atomic E-state index is 0.256. The summed E-state index contributed by atoms with van der Waals surface area (Å²) >= 11 is 0. The van der Waals surface area contributed by atoms with Crippen molar-refractivity contribution in [3.05, 3.63) is 24.4 Å². The Labute approximate surface area is 152 Å². The van der Waals surface area contributed by atoms with Gasteiger partial charge in [-0.25, -0.2) is 4.98 Å². The molecule has 0 unspecified atom stereocenters. The van der Waals surface area contributed by atoms with Crippen molar-refractivity contribution in [2.45, 2.75) is 70.8 Å². The van der Waals surface area contributed by atoms with Gasteiger partial charge in [0.25, 0.3) is 0 Å². The van der Waals surface area contributed by atoms with Crippen molar-refractivity contribution in [1.82, 2.24) is 10.3 Å². The van der Waals surface area contributed by atoms with Gasteiger partial charge in [0.2, 0.25) is 5.91 Å². The van der Waals surface area contributed by atoms with Gasteiger partial charge in [0, 0.05) is 31.2 Å². The van der Waals surface area contributed by atoms with Gasteiger partial charge >= 0.3 is 0 Å². The highest BCUT2D eigenvalue weighted by atomic mass is 16.1. The van der Waals surface area contributed by atoms with Crippen LogP contribution < -0.4 is 10.2 Å². The summed E-state index contributed by atoms with van der Waals surface area (Å²) in [5.74, 6) is 2.49. The summed E-state index contributed by atoms with van der Waals surface area (Å²) in [4.78, 5) is 19.4. The fraction of sp³-hybridized carbons (Fsp3) is 0.714. The van der Waals surface area contributed by atoms with Crippen LogP contribution >= 0.6 is 0 Å². The van der Waals surface area contributed by atoms with Crippen LogP contribution in [-0.4, -0.2) is 30.0 Å². The Hall–Kier alpha value is -1.58. The Kier molecular flexibility index (Phi) is 6.71. The van der Waals surface area contributed by atoms with Crippen LogP contribution in [0, 0.1) is 11.8 Å². The number of rotatable bonds is 6. The molecule has 2 heterocycles. The average Bonchev–Trinajstić information content (AvgIpc) is 2.68. The molecule has 4 nitrogen and oxygen atoms in total. The van der Waals surface area contributed by atoms with Gasteiger partial charge in [0.1, 0.15) is 5.82 Å². The molecule has 1 aromatic rings. The van der Waals surface area contributed by atoms with Crippen LogP contribution in [0.5, 0.6) is 0 Å². The monoisotopic (exact) mass is 343 g/mol. The standard InChI is InChI=1S/C21H33N3O/c1-2-3-6-17-8-10-18(11-9-17)21(25)23-19-12-15-24(16-13-19)20-7-4-5-14-22-20/h4-5,7,14,17-19H,2-3,6,8-13,15-16H2,1H3,(H,23,25). The molecule has 2 fully saturated rings. The number of hydrogen-bond acceptors (Lipinski definition) is 3. The minimum atomic E-state index is 0.256. The topological polar surface area (TPSA) is 45.2 Å². The largest absolute Gasteiger partial charge is 0.356 e. The van der Waals surface area contributed by atoms with Crippen molar-refractivity contribution in [2.75, 3.05) is 18.0 Å². The van der Waals surface area contributed by atoms with E-state index in [1.807, 2.05) is 18.3 Å². The van der Waals surface area contributed by atoms with E-state index in [1.165, 1.54) is 32.1 Å². The Bertz CT molecular complexity index is 517. The zero-order chi connectivity index (χ0) is 17.5. The summed E-state index contributed by atoms with van der Waals surface area (Å²) in [6, 6.07) is 6.39. The van der Waals surface area contributed by atoms with E-state index >= 15 is 0 Å². The summed E-state index contributed by atoms with van der Waals surface area (Å²) in [6.45, 7) is 4.22. The second-order valence-corrected chi connectivity index (χ2v) is 7.82. The molecule has 4 heteroatoms. The third kappa shape index (κ3) is 5.20. The lowest BCUT2D eigenvalue weighted by atomic mass is 9.79. The maximum atomic E-state index is 12.6. The third-order valence-electron chi connectivity index (χ3n) is 6.00. The number of hydrogen-bond donors (Lipinski definition) is 1. The predicted molar refractivity (Wildman–Crippen MR) is 103 cm³/mol. The molecule has 1 N–H and O–H groups in total. The summed E-state index contributed by atoms with van der Waals surface area (Å²) in [6.07, 6.45) is 12.6. The molecule has 3 rings (SSSR count). The van der Waals surface area contributed by atoms with Gasteiger partial charge < -0.3 is 10.2 Å². The highest BCUT2D eigenvalue weighted by molar-refractivity contribution is 5.79. The van der Waals surface area contributed by atoms with Gasteiger partial charge in [-0.2, -0.15) is 0 Å². The van der Waals surface area contributed by atoms with E-state index in [0.717, 1.165) is 50.5 Å². The third-order valence-corrected chi connectivity index (χ3v) is 6.00. The number of unbranched alkanes of at least 4 members (excludes halogenated alkanes) is 1. The number of amides is 1. The summed E-state index contributed by atoms with van der Waals surface area (Å²) < 4.78 is 0. The van der Waals surface area contributed by atoms with Crippen LogP contribution in [-0.2, 0) is 4.79 Å². The van der Waals surface area contributed by atoms with Crippen molar-refractivity contribution in [1.29, 1.82) is 0 Å². The van der Waals surface area contributed by atoms with Crippen LogP contribution in [0.1, 0.15) is 64.7 Å². The highest BCUT2D eigenvalue weighted by Gasteiger charge is 2.28. The Balaban J connectivity index is 1.38. The number of carbonyl (C=O) groups is 1. The molecule has 1 saturated heterocycles. The van der Waals surface area contributed by atoms with Crippen molar-refractivity contribution in [2.24, 2.45) is 11.8 Å². The Morgan fingerprint density at radius 1 is 1.16 bits per heavy atom. The van der Waals surface area contributed by atoms with Gasteiger partial charge in [-0.05, 0) is 56.6 Å². The first-order valence-electron chi connectivity index (χ1n) is 10.2. The van der Waals surface area contributed by atoms with Crippen molar-refractivity contribution in [3.63, 3.8) is 0 Å². The fourth-order valence-corrected chi connectivity index (χ4v) is 4.32. The number of nitrogens with one attached hydrogen (secondary N) is 1. The smallest absolute Gasteiger partial charge is 0.223 e. The molecule has 1 amide bonds. The molecule has 1 saturated carbocycles. The molecule has 25 heavy (non-hydrogen) atoms. The first-order valence-corrected chi connectivity index (χ1v) is 10.2. The van der Waals surface area contributed by atoms with E-state index in [2.05, 4.69) is 28.2 Å². The normalized spacial score (nSPS) is 24.9. The average molecular weight is 344 g/mol. The van der Waals surface area contributed by atoms with E-state index in [1.54, 1.807) is 0 Å². The van der Waals surface area contributed by atoms with Crippen molar-refractivity contribution in [3.8, 4) is 0 Å². The van der Waals surface area contributed by atoms with E-state index in [9.17, 15) is 4.79 Å². The zero-order valence-electron chi connectivity index (χ0n) is 15.6. The zero-order valence-corrected chi connectivity index (χ0v) is 15.6. The Morgan fingerprint density at radius 2 is 1.92 bits per heavy atom. The molecule has 2 aliphatic rings. The van der Waals surface area contributed by atoms with E-state index in [0.29, 0.717) is 11.9 Å². The highest BCUT2D eigenvalue weighted by Crippen LogP contribution is 2.32. The van der Waals surface area contributed by atoms with Crippen LogP contribution in [0.2, 0.25) is 0 Å². The maximum absolute atomic E-state index is 12.6. The van der Waals surface area contributed by atoms with Crippen molar-refractivity contribution >= 4 is 11.7 Å². The first kappa shape index (κ1) is 18.2. The molecular formula is C21H33N3O. The van der Waals surface area contributed by atoms with E-state index in [-0.39, 0.29) is 5.92 Å². The molecule has 138 valence electrons. The van der Waals surface area contributed by atoms with E-state index < -0.39 is 0 Å². The van der Waals surface area contributed by atoms with Gasteiger partial charge in [0.15, 0.2) is 0 Å². The lowest BCUT2D eigenvalue weighted by Gasteiger charge is -2.34. The van der Waals surface area contributed by atoms with E-state index in [4.69, 9.17) is 0 Å². The van der Waals surface area contributed by atoms with Gasteiger partial charge in [-0.1, -0.05) is 32.3 Å². The van der Waals surface area contributed by atoms with Crippen LogP contribution in [0.15, 0.2) is 24.4 Å². The predicted octanol–water partition coefficient (Wildman–Crippen LogP) is 4.16. The van der Waals surface area contributed by atoms with Crippen LogP contribution in [0.3, 0.4) is 0 Å². The number of carbonyl (C=O) groups excluding carboxylic acids is 1. The van der Waals surface area contributed by atoms with Crippen LogP contribution in [0.4, 0.5) is 5.82 Å². The van der Waals surface area contributed by atoms with Gasteiger partial charge in [-0.15, -0.1) is 0 Å². The summed E-state index contributed by atoms with van der Waals surface area (Å²) in [5.41, 5.74) is 0. The Morgan fingerprint density at radius 3 is 2.56 bits per heavy atom. The molecule has 1 aliphatic heterocycles. The van der Waals surface area contributed by atoms with Crippen LogP contribution in [0.25, 0.3) is 0 Å². The molecule has 1 aromatic heterocycles. The quantitative estimate of drug-likeness (QED) is 0.843. The lowest BCUT2D eigenvalue weighted by molar-refractivity contribution is -0.127. The molecule has 0 spiro atoms. The SMILES string of the molecule is CCCCC1CCC(C(=O)NC2CCN(c3ccccn3)CC2)CC1. The molecule has 0 radical (unpaired) electrons. The van der Waals surface area contributed by atoms with Gasteiger partial charge in [0.05, 0.1) is 0 Å². The molecular weight excluding hydrogens is 310 g/mol. The second-order valence-electron chi connectivity index (χ2n) is 7.82. The summed E-state index contributed by atoms with van der Waals surface area (Å²) in [7, 11) is 0. The number of pyridine rings is 1. The van der Waals surface area contributed by atoms with Gasteiger partial charge in [-0.3, -0.25) is 4.79 Å². The van der Waals surface area contributed by atoms with Crippen molar-refractivity contribution < 1.29 is 4.79 Å². The molecule has 0 atom stereocenters. The fourth-order valence-electron chi connectivity index (χ4n) is 4.32. The summed E-state index contributed by atoms with van der Waals surface area (Å²) in [5, 5.41) is 3.33. The number of anilines is 1. The second kappa shape index (κ2) is 9.21. The number of piperidine rings is 1.